The smallest absolute Gasteiger partial charge is 0.293 e. The Labute approximate surface area is 188 Å². The van der Waals surface area contributed by atoms with Crippen molar-refractivity contribution in [3.05, 3.63) is 88.6 Å². The maximum Gasteiger partial charge on any atom is 0.293 e. The monoisotopic (exact) mass is 466 g/mol. The Balaban J connectivity index is 1.71. The van der Waals surface area contributed by atoms with Gasteiger partial charge in [-0.3, -0.25) is 14.9 Å². The zero-order valence-corrected chi connectivity index (χ0v) is 18.0. The van der Waals surface area contributed by atoms with E-state index >= 15 is 0 Å². The molecular weight excluding hydrogens is 448 g/mol. The maximum atomic E-state index is 12.7. The van der Waals surface area contributed by atoms with Gasteiger partial charge in [0.2, 0.25) is 0 Å². The third kappa shape index (κ3) is 4.48. The first kappa shape index (κ1) is 21.8. The lowest BCUT2D eigenvalue weighted by atomic mass is 10.1. The van der Waals surface area contributed by atoms with Crippen molar-refractivity contribution >= 4 is 43.9 Å². The Morgan fingerprint density at radius 3 is 2.36 bits per heavy atom. The summed E-state index contributed by atoms with van der Waals surface area (Å²) < 4.78 is 32.1. The number of nitrogens with zero attached hydrogens (tertiary/aromatic N) is 1. The molecule has 0 aliphatic heterocycles. The standard InChI is InChI=1S/C22H18N4O6S/c1-32-15-9-7-14(8-10-15)23-18-11-12-20(26(28)29)21-17(18)13-19(24-21)22(27)25-33(30,31)16-5-3-2-4-6-16/h2-13,23-24H,1H3,(H,25,27). The molecule has 0 fully saturated rings. The second-order valence-corrected chi connectivity index (χ2v) is 8.64. The number of ether oxygens (including phenoxy) is 1. The molecule has 3 N–H and O–H groups in total. The van der Waals surface area contributed by atoms with E-state index in [1.807, 2.05) is 4.72 Å². The molecule has 0 aliphatic rings. The molecule has 0 aliphatic carbocycles. The topological polar surface area (TPSA) is 143 Å². The van der Waals surface area contributed by atoms with Crippen LogP contribution in [0.4, 0.5) is 17.1 Å². The highest BCUT2D eigenvalue weighted by Gasteiger charge is 2.23. The number of aromatic amines is 1. The van der Waals surface area contributed by atoms with Crippen molar-refractivity contribution < 1.29 is 22.9 Å². The van der Waals surface area contributed by atoms with Crippen molar-refractivity contribution in [1.29, 1.82) is 0 Å². The van der Waals surface area contributed by atoms with Crippen LogP contribution in [-0.2, 0) is 10.0 Å². The molecule has 0 atom stereocenters. The molecule has 4 aromatic rings. The van der Waals surface area contributed by atoms with Crippen LogP contribution in [0.5, 0.6) is 5.75 Å². The van der Waals surface area contributed by atoms with Crippen LogP contribution in [0.25, 0.3) is 10.9 Å². The van der Waals surface area contributed by atoms with Crippen molar-refractivity contribution in [3.8, 4) is 5.75 Å². The number of carbonyl (C=O) groups is 1. The van der Waals surface area contributed by atoms with E-state index in [1.54, 1.807) is 37.4 Å². The second-order valence-electron chi connectivity index (χ2n) is 6.96. The summed E-state index contributed by atoms with van der Waals surface area (Å²) in [6.45, 7) is 0. The minimum absolute atomic E-state index is 0.0812. The van der Waals surface area contributed by atoms with Gasteiger partial charge in [-0.25, -0.2) is 13.1 Å². The number of nitro groups is 1. The number of hydrogen-bond donors (Lipinski definition) is 3. The summed E-state index contributed by atoms with van der Waals surface area (Å²) in [5.41, 5.74) is 0.861. The summed E-state index contributed by atoms with van der Waals surface area (Å²) in [4.78, 5) is 26.2. The molecule has 4 rings (SSSR count). The average Bonchev–Trinajstić information content (AvgIpc) is 3.26. The van der Waals surface area contributed by atoms with Crippen molar-refractivity contribution in [1.82, 2.24) is 9.71 Å². The third-order valence-electron chi connectivity index (χ3n) is 4.86. The number of nitrogens with one attached hydrogen (secondary N) is 3. The highest BCUT2D eigenvalue weighted by molar-refractivity contribution is 7.90. The number of H-pyrrole nitrogens is 1. The molecule has 0 spiro atoms. The number of amides is 1. The molecule has 0 bridgehead atoms. The highest BCUT2D eigenvalue weighted by atomic mass is 32.2. The van der Waals surface area contributed by atoms with Gasteiger partial charge in [0.15, 0.2) is 0 Å². The zero-order valence-electron chi connectivity index (χ0n) is 17.2. The van der Waals surface area contributed by atoms with Crippen molar-refractivity contribution in [3.63, 3.8) is 0 Å². The van der Waals surface area contributed by atoms with Gasteiger partial charge in [-0.15, -0.1) is 0 Å². The normalized spacial score (nSPS) is 11.2. The van der Waals surface area contributed by atoms with Crippen LogP contribution in [0.1, 0.15) is 10.5 Å². The van der Waals surface area contributed by atoms with Gasteiger partial charge in [0.05, 0.1) is 16.9 Å². The summed E-state index contributed by atoms with van der Waals surface area (Å²) >= 11 is 0. The quantitative estimate of drug-likeness (QED) is 0.276. The van der Waals surface area contributed by atoms with Crippen LogP contribution in [-0.4, -0.2) is 31.3 Å². The number of nitro benzene ring substituents is 1. The fraction of sp³-hybridized carbons (Fsp3) is 0.0455. The van der Waals surface area contributed by atoms with Gasteiger partial charge in [-0.05, 0) is 48.5 Å². The van der Waals surface area contributed by atoms with E-state index < -0.39 is 20.9 Å². The Morgan fingerprint density at radius 1 is 1.03 bits per heavy atom. The van der Waals surface area contributed by atoms with E-state index in [0.29, 0.717) is 22.5 Å². The Bertz CT molecular complexity index is 1450. The van der Waals surface area contributed by atoms with Crippen molar-refractivity contribution in [2.75, 3.05) is 12.4 Å². The average molecular weight is 466 g/mol. The first-order chi connectivity index (χ1) is 15.8. The Morgan fingerprint density at radius 2 is 1.73 bits per heavy atom. The molecule has 33 heavy (non-hydrogen) atoms. The molecule has 11 heteroatoms. The summed E-state index contributed by atoms with van der Waals surface area (Å²) in [5, 5.41) is 15.0. The van der Waals surface area contributed by atoms with Gasteiger partial charge < -0.3 is 15.0 Å². The molecule has 0 saturated heterocycles. The number of carbonyl (C=O) groups excluding carboxylic acids is 1. The first-order valence-electron chi connectivity index (χ1n) is 9.62. The lowest BCUT2D eigenvalue weighted by molar-refractivity contribution is -0.383. The maximum absolute atomic E-state index is 12.7. The van der Waals surface area contributed by atoms with Gasteiger partial charge in [0.1, 0.15) is 17.0 Å². The minimum atomic E-state index is -4.12. The van der Waals surface area contributed by atoms with Gasteiger partial charge in [0.25, 0.3) is 21.6 Å². The van der Waals surface area contributed by atoms with Gasteiger partial charge >= 0.3 is 0 Å². The van der Waals surface area contributed by atoms with E-state index in [2.05, 4.69) is 10.3 Å². The van der Waals surface area contributed by atoms with E-state index in [1.165, 1.54) is 42.5 Å². The number of rotatable bonds is 7. The summed E-state index contributed by atoms with van der Waals surface area (Å²) in [5.74, 6) is -0.283. The lowest BCUT2D eigenvalue weighted by Crippen LogP contribution is -2.30. The molecule has 168 valence electrons. The van der Waals surface area contributed by atoms with Crippen LogP contribution in [0.15, 0.2) is 77.7 Å². The van der Waals surface area contributed by atoms with E-state index in [0.717, 1.165) is 0 Å². The lowest BCUT2D eigenvalue weighted by Gasteiger charge is -2.09. The third-order valence-corrected chi connectivity index (χ3v) is 6.21. The number of hydrogen-bond acceptors (Lipinski definition) is 7. The van der Waals surface area contributed by atoms with Crippen LogP contribution < -0.4 is 14.8 Å². The summed E-state index contributed by atoms with van der Waals surface area (Å²) in [6, 6.07) is 18.6. The fourth-order valence-corrected chi connectivity index (χ4v) is 4.24. The van der Waals surface area contributed by atoms with Crippen LogP contribution in [0.3, 0.4) is 0 Å². The van der Waals surface area contributed by atoms with Gasteiger partial charge in [-0.1, -0.05) is 18.2 Å². The van der Waals surface area contributed by atoms with Gasteiger partial charge in [0, 0.05) is 22.8 Å². The highest BCUT2D eigenvalue weighted by Crippen LogP contribution is 2.34. The van der Waals surface area contributed by atoms with Crippen LogP contribution in [0.2, 0.25) is 0 Å². The molecule has 1 aromatic heterocycles. The molecule has 0 saturated carbocycles. The fourth-order valence-electron chi connectivity index (χ4n) is 3.25. The predicted octanol–water partition coefficient (Wildman–Crippen LogP) is 3.95. The van der Waals surface area contributed by atoms with E-state index in [9.17, 15) is 23.3 Å². The molecule has 3 aromatic carbocycles. The Hall–Kier alpha value is -4.38. The van der Waals surface area contributed by atoms with E-state index in [4.69, 9.17) is 4.74 Å². The van der Waals surface area contributed by atoms with E-state index in [-0.39, 0.29) is 21.8 Å². The zero-order chi connectivity index (χ0) is 23.6. The number of sulfonamides is 1. The summed E-state index contributed by atoms with van der Waals surface area (Å²) in [6.07, 6.45) is 0. The molecule has 0 unspecified atom stereocenters. The van der Waals surface area contributed by atoms with Crippen molar-refractivity contribution in [2.45, 2.75) is 4.90 Å². The second kappa shape index (κ2) is 8.63. The summed E-state index contributed by atoms with van der Waals surface area (Å²) in [7, 11) is -2.57. The number of benzene rings is 3. The van der Waals surface area contributed by atoms with Crippen LogP contribution in [0, 0.1) is 10.1 Å². The number of methoxy groups -OCH3 is 1. The van der Waals surface area contributed by atoms with Crippen LogP contribution >= 0.6 is 0 Å². The molecule has 0 radical (unpaired) electrons. The number of anilines is 2. The SMILES string of the molecule is COc1ccc(Nc2ccc([N+](=O)[O-])c3[nH]c(C(=O)NS(=O)(=O)c4ccccc4)cc23)cc1. The Kier molecular flexibility index (Phi) is 5.71. The molecule has 1 heterocycles. The first-order valence-corrected chi connectivity index (χ1v) is 11.1. The predicted molar refractivity (Wildman–Crippen MR) is 122 cm³/mol. The van der Waals surface area contributed by atoms with Crippen molar-refractivity contribution in [2.24, 2.45) is 0 Å². The minimum Gasteiger partial charge on any atom is -0.497 e. The largest absolute Gasteiger partial charge is 0.497 e. The number of aromatic nitrogens is 1. The number of non-ortho nitro benzene ring substituents is 1. The molecule has 10 nitrogen and oxygen atoms in total. The molecular formula is C22H18N4O6S. The van der Waals surface area contributed by atoms with Gasteiger partial charge in [-0.2, -0.15) is 0 Å². The number of fused-ring (bicyclic) bond motifs is 1. The molecule has 1 amide bonds.